The molecule has 0 saturated heterocycles. The summed E-state index contributed by atoms with van der Waals surface area (Å²) in [4.78, 5) is 36.6. The lowest BCUT2D eigenvalue weighted by Gasteiger charge is -2.19. The van der Waals surface area contributed by atoms with Crippen molar-refractivity contribution in [2.45, 2.75) is 52.1 Å². The summed E-state index contributed by atoms with van der Waals surface area (Å²) in [6.07, 6.45) is 2.02. The number of Topliss-reactive ketones (excluding diaryl/α,β-unsaturated/α-hetero) is 2. The largest absolute Gasteiger partial charge is 0.506 e. The maximum absolute atomic E-state index is 12.6. The normalized spacial score (nSPS) is 10.8. The van der Waals surface area contributed by atoms with Gasteiger partial charge in [-0.25, -0.2) is 0 Å². The van der Waals surface area contributed by atoms with Crippen molar-refractivity contribution < 1.29 is 29.0 Å². The minimum absolute atomic E-state index is 0.0432. The summed E-state index contributed by atoms with van der Waals surface area (Å²) in [6.45, 7) is 3.34. The summed E-state index contributed by atoms with van der Waals surface area (Å²) in [6, 6.07) is 22.3. The van der Waals surface area contributed by atoms with Gasteiger partial charge in [0.2, 0.25) is 0 Å². The summed E-state index contributed by atoms with van der Waals surface area (Å²) in [5, 5.41) is 10.4. The van der Waals surface area contributed by atoms with Crippen molar-refractivity contribution >= 4 is 17.5 Å². The first-order chi connectivity index (χ1) is 17.4. The van der Waals surface area contributed by atoms with Gasteiger partial charge in [-0.2, -0.15) is 0 Å². The fraction of sp³-hybridized carbons (Fsp3) is 0.300. The second-order valence-electron chi connectivity index (χ2n) is 8.52. The van der Waals surface area contributed by atoms with E-state index in [1.165, 1.54) is 13.0 Å². The second-order valence-corrected chi connectivity index (χ2v) is 8.52. The van der Waals surface area contributed by atoms with E-state index in [2.05, 4.69) is 0 Å². The Morgan fingerprint density at radius 3 is 2.00 bits per heavy atom. The Morgan fingerprint density at radius 2 is 1.44 bits per heavy atom. The van der Waals surface area contributed by atoms with E-state index >= 15 is 0 Å². The predicted molar refractivity (Wildman–Crippen MR) is 138 cm³/mol. The molecule has 0 saturated carbocycles. The van der Waals surface area contributed by atoms with E-state index in [1.54, 1.807) is 13.0 Å². The molecule has 0 bridgehead atoms. The van der Waals surface area contributed by atoms with Gasteiger partial charge in [0.15, 0.2) is 17.7 Å². The molecule has 6 nitrogen and oxygen atoms in total. The first-order valence-corrected chi connectivity index (χ1v) is 12.2. The van der Waals surface area contributed by atoms with Crippen LogP contribution in [0.2, 0.25) is 0 Å². The van der Waals surface area contributed by atoms with E-state index in [4.69, 9.17) is 9.47 Å². The van der Waals surface area contributed by atoms with Crippen molar-refractivity contribution in [3.05, 3.63) is 95.1 Å². The molecule has 0 aliphatic heterocycles. The number of aromatic hydroxyl groups is 1. The zero-order valence-electron chi connectivity index (χ0n) is 20.7. The summed E-state index contributed by atoms with van der Waals surface area (Å²) < 4.78 is 11.6. The third-order valence-corrected chi connectivity index (χ3v) is 5.86. The fourth-order valence-corrected chi connectivity index (χ4v) is 3.93. The average Bonchev–Trinajstić information content (AvgIpc) is 2.89. The van der Waals surface area contributed by atoms with Crippen LogP contribution in [0.4, 0.5) is 0 Å². The molecule has 188 valence electrons. The van der Waals surface area contributed by atoms with Gasteiger partial charge < -0.3 is 14.6 Å². The van der Waals surface area contributed by atoms with Crippen LogP contribution in [0.25, 0.3) is 0 Å². The van der Waals surface area contributed by atoms with Crippen molar-refractivity contribution in [1.29, 1.82) is 0 Å². The van der Waals surface area contributed by atoms with Crippen LogP contribution in [0.1, 0.15) is 83.9 Å². The monoisotopic (exact) mass is 488 g/mol. The van der Waals surface area contributed by atoms with Crippen molar-refractivity contribution in [1.82, 2.24) is 0 Å². The molecule has 3 aromatic carbocycles. The van der Waals surface area contributed by atoms with E-state index in [0.717, 1.165) is 17.5 Å². The molecule has 1 N–H and O–H groups in total. The highest BCUT2D eigenvalue weighted by Gasteiger charge is 2.21. The van der Waals surface area contributed by atoms with Crippen LogP contribution >= 0.6 is 0 Å². The molecule has 0 unspecified atom stereocenters. The van der Waals surface area contributed by atoms with E-state index in [-0.39, 0.29) is 53.0 Å². The Morgan fingerprint density at radius 1 is 0.833 bits per heavy atom. The lowest BCUT2D eigenvalue weighted by atomic mass is 10.0. The van der Waals surface area contributed by atoms with Gasteiger partial charge in [-0.3, -0.25) is 14.4 Å². The smallest absolute Gasteiger partial charge is 0.306 e. The standard InChI is InChI=1S/C30H32O6/c1-3-25(32)28-26(19-18-24(21(2)31)29(28)34)35-20-12-6-11-17-27(33)36-30(22-13-7-4-8-14-22)23-15-9-5-10-16-23/h4-5,7-10,13-16,18-19,30,34H,3,6,11-12,17,20H2,1-2H3. The molecule has 36 heavy (non-hydrogen) atoms. The molecule has 0 heterocycles. The molecule has 0 radical (unpaired) electrons. The molecular weight excluding hydrogens is 456 g/mol. The van der Waals surface area contributed by atoms with Crippen LogP contribution in [0.5, 0.6) is 11.5 Å². The van der Waals surface area contributed by atoms with Crippen molar-refractivity contribution in [3.63, 3.8) is 0 Å². The molecule has 0 spiro atoms. The van der Waals surface area contributed by atoms with Crippen molar-refractivity contribution in [3.8, 4) is 11.5 Å². The highest BCUT2D eigenvalue weighted by atomic mass is 16.5. The number of esters is 1. The number of carbonyl (C=O) groups is 3. The van der Waals surface area contributed by atoms with Gasteiger partial charge in [-0.15, -0.1) is 0 Å². The Balaban J connectivity index is 1.50. The summed E-state index contributed by atoms with van der Waals surface area (Å²) in [7, 11) is 0. The van der Waals surface area contributed by atoms with Crippen LogP contribution in [-0.4, -0.2) is 29.2 Å². The topological polar surface area (TPSA) is 89.9 Å². The van der Waals surface area contributed by atoms with Crippen LogP contribution < -0.4 is 4.74 Å². The number of rotatable bonds is 13. The predicted octanol–water partition coefficient (Wildman–Crippen LogP) is 6.46. The Labute approximate surface area is 211 Å². The number of unbranched alkanes of at least 4 members (excludes halogenated alkanes) is 2. The fourth-order valence-electron chi connectivity index (χ4n) is 3.93. The molecule has 0 atom stereocenters. The molecule has 0 aliphatic carbocycles. The lowest BCUT2D eigenvalue weighted by molar-refractivity contribution is -0.147. The van der Waals surface area contributed by atoms with Gasteiger partial charge in [0.1, 0.15) is 17.1 Å². The van der Waals surface area contributed by atoms with Crippen LogP contribution in [0, 0.1) is 0 Å². The number of hydrogen-bond donors (Lipinski definition) is 1. The SMILES string of the molecule is CCC(=O)c1c(OCCCCCC(=O)OC(c2ccccc2)c2ccccc2)ccc(C(C)=O)c1O. The molecular formula is C30H32O6. The highest BCUT2D eigenvalue weighted by Crippen LogP contribution is 2.33. The van der Waals surface area contributed by atoms with Crippen LogP contribution in [0.15, 0.2) is 72.8 Å². The van der Waals surface area contributed by atoms with Gasteiger partial charge in [-0.1, -0.05) is 67.6 Å². The average molecular weight is 489 g/mol. The molecule has 6 heteroatoms. The summed E-state index contributed by atoms with van der Waals surface area (Å²) in [5.41, 5.74) is 1.98. The van der Waals surface area contributed by atoms with E-state index in [1.807, 2.05) is 60.7 Å². The number of phenolic OH excluding ortho intramolecular Hbond substituents is 1. The number of phenols is 1. The van der Waals surface area contributed by atoms with E-state index in [0.29, 0.717) is 19.4 Å². The molecule has 0 aliphatic rings. The van der Waals surface area contributed by atoms with Gasteiger partial charge in [0.05, 0.1) is 12.2 Å². The maximum atomic E-state index is 12.6. The van der Waals surface area contributed by atoms with Gasteiger partial charge in [-0.05, 0) is 49.4 Å². The molecule has 3 aromatic rings. The lowest BCUT2D eigenvalue weighted by Crippen LogP contribution is -2.12. The minimum Gasteiger partial charge on any atom is -0.506 e. The number of hydrogen-bond acceptors (Lipinski definition) is 6. The van der Waals surface area contributed by atoms with E-state index in [9.17, 15) is 19.5 Å². The highest BCUT2D eigenvalue weighted by molar-refractivity contribution is 6.06. The zero-order valence-corrected chi connectivity index (χ0v) is 20.7. The first-order valence-electron chi connectivity index (χ1n) is 12.2. The Bertz CT molecular complexity index is 1130. The van der Waals surface area contributed by atoms with Crippen LogP contribution in [-0.2, 0) is 9.53 Å². The van der Waals surface area contributed by atoms with Crippen molar-refractivity contribution in [2.24, 2.45) is 0 Å². The van der Waals surface area contributed by atoms with Crippen molar-refractivity contribution in [2.75, 3.05) is 6.61 Å². The third-order valence-electron chi connectivity index (χ3n) is 5.86. The number of ether oxygens (including phenoxy) is 2. The zero-order chi connectivity index (χ0) is 25.9. The molecule has 0 aromatic heterocycles. The van der Waals surface area contributed by atoms with Gasteiger partial charge in [0, 0.05) is 12.8 Å². The molecule has 3 rings (SSSR count). The quantitative estimate of drug-likeness (QED) is 0.169. The maximum Gasteiger partial charge on any atom is 0.306 e. The van der Waals surface area contributed by atoms with Crippen LogP contribution in [0.3, 0.4) is 0 Å². The Kier molecular flexibility index (Phi) is 9.81. The summed E-state index contributed by atoms with van der Waals surface area (Å²) in [5.74, 6) is -0.954. The minimum atomic E-state index is -0.455. The number of ketones is 2. The number of carbonyl (C=O) groups excluding carboxylic acids is 3. The molecule has 0 amide bonds. The van der Waals surface area contributed by atoms with E-state index < -0.39 is 6.10 Å². The summed E-state index contributed by atoms with van der Waals surface area (Å²) >= 11 is 0. The third kappa shape index (κ3) is 7.04. The van der Waals surface area contributed by atoms with Gasteiger partial charge in [0.25, 0.3) is 0 Å². The first kappa shape index (κ1) is 26.7. The molecule has 0 fully saturated rings. The number of benzene rings is 3. The Hall–Kier alpha value is -3.93. The second kappa shape index (κ2) is 13.2. The van der Waals surface area contributed by atoms with Gasteiger partial charge >= 0.3 is 5.97 Å².